The number of aliphatic hydroxyl groups is 1. The van der Waals surface area contributed by atoms with Crippen molar-refractivity contribution in [3.63, 3.8) is 0 Å². The lowest BCUT2D eigenvalue weighted by Gasteiger charge is -2.20. The number of amides is 1. The third kappa shape index (κ3) is 3.45. The molecule has 1 unspecified atom stereocenters. The Morgan fingerprint density at radius 1 is 1.50 bits per heavy atom. The van der Waals surface area contributed by atoms with E-state index < -0.39 is 16.9 Å². The van der Waals surface area contributed by atoms with Gasteiger partial charge in [0.15, 0.2) is 0 Å². The van der Waals surface area contributed by atoms with Crippen molar-refractivity contribution < 1.29 is 19.6 Å². The van der Waals surface area contributed by atoms with Gasteiger partial charge in [0.1, 0.15) is 0 Å². The van der Waals surface area contributed by atoms with Gasteiger partial charge < -0.3 is 15.2 Å². The van der Waals surface area contributed by atoms with Crippen LogP contribution in [0.5, 0.6) is 5.75 Å². The van der Waals surface area contributed by atoms with Crippen LogP contribution in [0.3, 0.4) is 0 Å². The number of carbonyl (C=O) groups is 1. The number of aliphatic hydroxyl groups excluding tert-OH is 1. The molecule has 0 saturated heterocycles. The summed E-state index contributed by atoms with van der Waals surface area (Å²) in [5.74, 6) is -0.567. The summed E-state index contributed by atoms with van der Waals surface area (Å²) in [7, 11) is 1.27. The maximum atomic E-state index is 12.1. The highest BCUT2D eigenvalue weighted by molar-refractivity contribution is 5.98. The molecule has 0 spiro atoms. The minimum atomic E-state index is -0.610. The van der Waals surface area contributed by atoms with Crippen LogP contribution in [-0.2, 0) is 0 Å². The zero-order valence-corrected chi connectivity index (χ0v) is 11.6. The highest BCUT2D eigenvalue weighted by Crippen LogP contribution is 2.30. The number of benzene rings is 1. The van der Waals surface area contributed by atoms with Gasteiger partial charge in [0.25, 0.3) is 5.91 Å². The molecule has 0 fully saturated rings. The van der Waals surface area contributed by atoms with Crippen LogP contribution in [-0.4, -0.2) is 35.7 Å². The first-order valence-electron chi connectivity index (χ1n) is 6.15. The molecule has 1 atom stereocenters. The van der Waals surface area contributed by atoms with Gasteiger partial charge in [-0.15, -0.1) is 0 Å². The van der Waals surface area contributed by atoms with Gasteiger partial charge in [-0.3, -0.25) is 14.9 Å². The SMILES string of the molecule is COc1c(C(=O)NC(CO)C(C)C)cccc1[N+](=O)[O-]. The average molecular weight is 282 g/mol. The van der Waals surface area contributed by atoms with Crippen LogP contribution >= 0.6 is 0 Å². The van der Waals surface area contributed by atoms with E-state index in [0.717, 1.165) is 0 Å². The molecule has 0 aliphatic carbocycles. The fraction of sp³-hybridized carbons (Fsp3) is 0.462. The standard InChI is InChI=1S/C13H18N2O5/c1-8(2)10(7-16)14-13(17)9-5-4-6-11(15(18)19)12(9)20-3/h4-6,8,10,16H,7H2,1-3H3,(H,14,17). The molecule has 7 heteroatoms. The van der Waals surface area contributed by atoms with E-state index >= 15 is 0 Å². The van der Waals surface area contributed by atoms with Crippen molar-refractivity contribution in [1.82, 2.24) is 5.32 Å². The Bertz CT molecular complexity index is 502. The Hall–Kier alpha value is -2.15. The predicted octanol–water partition coefficient (Wildman–Crippen LogP) is 1.35. The molecule has 7 nitrogen and oxygen atoms in total. The maximum absolute atomic E-state index is 12.1. The number of rotatable bonds is 6. The van der Waals surface area contributed by atoms with E-state index in [-0.39, 0.29) is 29.5 Å². The number of carbonyl (C=O) groups excluding carboxylic acids is 1. The predicted molar refractivity (Wildman–Crippen MR) is 72.8 cm³/mol. The molecular formula is C13H18N2O5. The van der Waals surface area contributed by atoms with Gasteiger partial charge in [0, 0.05) is 6.07 Å². The molecule has 0 saturated carbocycles. The Morgan fingerprint density at radius 2 is 2.15 bits per heavy atom. The van der Waals surface area contributed by atoms with Crippen LogP contribution in [0.1, 0.15) is 24.2 Å². The number of ether oxygens (including phenoxy) is 1. The van der Waals surface area contributed by atoms with Crippen molar-refractivity contribution >= 4 is 11.6 Å². The monoisotopic (exact) mass is 282 g/mol. The van der Waals surface area contributed by atoms with Gasteiger partial charge in [0.05, 0.1) is 30.2 Å². The molecular weight excluding hydrogens is 264 g/mol. The van der Waals surface area contributed by atoms with Gasteiger partial charge in [-0.25, -0.2) is 0 Å². The van der Waals surface area contributed by atoms with Crippen molar-refractivity contribution in [3.05, 3.63) is 33.9 Å². The molecule has 1 aromatic rings. The molecule has 20 heavy (non-hydrogen) atoms. The number of methoxy groups -OCH3 is 1. The quantitative estimate of drug-likeness (QED) is 0.605. The Morgan fingerprint density at radius 3 is 2.60 bits per heavy atom. The lowest BCUT2D eigenvalue weighted by atomic mass is 10.0. The average Bonchev–Trinajstić information content (AvgIpc) is 2.42. The summed E-state index contributed by atoms with van der Waals surface area (Å²) in [5.41, 5.74) is -0.203. The molecule has 0 aliphatic rings. The van der Waals surface area contributed by atoms with E-state index in [1.54, 1.807) is 0 Å². The minimum Gasteiger partial charge on any atom is -0.490 e. The molecule has 0 aliphatic heterocycles. The van der Waals surface area contributed by atoms with Crippen molar-refractivity contribution in [1.29, 1.82) is 0 Å². The van der Waals surface area contributed by atoms with Gasteiger partial charge >= 0.3 is 5.69 Å². The van der Waals surface area contributed by atoms with Crippen LogP contribution in [0.2, 0.25) is 0 Å². The summed E-state index contributed by atoms with van der Waals surface area (Å²) >= 11 is 0. The highest BCUT2D eigenvalue weighted by Gasteiger charge is 2.24. The molecule has 1 aromatic carbocycles. The smallest absolute Gasteiger partial charge is 0.311 e. The van der Waals surface area contributed by atoms with Crippen molar-refractivity contribution in [2.24, 2.45) is 5.92 Å². The molecule has 0 bridgehead atoms. The summed E-state index contributed by atoms with van der Waals surface area (Å²) < 4.78 is 4.97. The molecule has 0 aromatic heterocycles. The highest BCUT2D eigenvalue weighted by atomic mass is 16.6. The van der Waals surface area contributed by atoms with Crippen LogP contribution < -0.4 is 10.1 Å². The van der Waals surface area contributed by atoms with Gasteiger partial charge in [0.2, 0.25) is 5.75 Å². The number of hydrogen-bond acceptors (Lipinski definition) is 5. The largest absolute Gasteiger partial charge is 0.490 e. The fourth-order valence-electron chi connectivity index (χ4n) is 1.73. The maximum Gasteiger partial charge on any atom is 0.311 e. The first-order chi connectivity index (χ1) is 9.42. The number of nitro benzene ring substituents is 1. The van der Waals surface area contributed by atoms with Crippen LogP contribution in [0.4, 0.5) is 5.69 Å². The molecule has 0 radical (unpaired) electrons. The van der Waals surface area contributed by atoms with Gasteiger partial charge in [-0.2, -0.15) is 0 Å². The molecule has 1 amide bonds. The summed E-state index contributed by atoms with van der Waals surface area (Å²) in [6.45, 7) is 3.50. The Labute approximate surface area is 116 Å². The number of nitro groups is 1. The van der Waals surface area contributed by atoms with E-state index in [2.05, 4.69) is 5.32 Å². The summed E-state index contributed by atoms with van der Waals surface area (Å²) in [4.78, 5) is 22.4. The minimum absolute atomic E-state index is 0.0358. The van der Waals surface area contributed by atoms with E-state index in [0.29, 0.717) is 0 Å². The first-order valence-corrected chi connectivity index (χ1v) is 6.15. The number of hydrogen-bond donors (Lipinski definition) is 2. The number of nitrogens with one attached hydrogen (secondary N) is 1. The second-order valence-electron chi connectivity index (χ2n) is 4.62. The lowest BCUT2D eigenvalue weighted by Crippen LogP contribution is -2.41. The summed E-state index contributed by atoms with van der Waals surface area (Å²) in [6.07, 6.45) is 0. The van der Waals surface area contributed by atoms with Gasteiger partial charge in [-0.1, -0.05) is 19.9 Å². The fourth-order valence-corrected chi connectivity index (χ4v) is 1.73. The van der Waals surface area contributed by atoms with Crippen LogP contribution in [0.25, 0.3) is 0 Å². The third-order valence-corrected chi connectivity index (χ3v) is 2.96. The Balaban J connectivity index is 3.10. The van der Waals surface area contributed by atoms with Crippen LogP contribution in [0, 0.1) is 16.0 Å². The normalized spacial score (nSPS) is 12.1. The van der Waals surface area contributed by atoms with E-state index in [1.807, 2.05) is 13.8 Å². The van der Waals surface area contributed by atoms with Crippen LogP contribution in [0.15, 0.2) is 18.2 Å². The topological polar surface area (TPSA) is 102 Å². The molecule has 1 rings (SSSR count). The summed E-state index contributed by atoms with van der Waals surface area (Å²) in [5, 5.41) is 22.7. The molecule has 110 valence electrons. The Kier molecular flexibility index (Phi) is 5.45. The zero-order chi connectivity index (χ0) is 15.3. The summed E-state index contributed by atoms with van der Waals surface area (Å²) in [6, 6.07) is 3.70. The van der Waals surface area contributed by atoms with Crippen molar-refractivity contribution in [2.75, 3.05) is 13.7 Å². The van der Waals surface area contributed by atoms with Gasteiger partial charge in [-0.05, 0) is 12.0 Å². The molecule has 2 N–H and O–H groups in total. The second-order valence-corrected chi connectivity index (χ2v) is 4.62. The van der Waals surface area contributed by atoms with E-state index in [4.69, 9.17) is 4.74 Å². The zero-order valence-electron chi connectivity index (χ0n) is 11.6. The lowest BCUT2D eigenvalue weighted by molar-refractivity contribution is -0.385. The van der Waals surface area contributed by atoms with Crippen molar-refractivity contribution in [2.45, 2.75) is 19.9 Å². The number of nitrogens with zero attached hydrogens (tertiary/aromatic N) is 1. The molecule has 0 heterocycles. The van der Waals surface area contributed by atoms with E-state index in [9.17, 15) is 20.0 Å². The van der Waals surface area contributed by atoms with Crippen molar-refractivity contribution in [3.8, 4) is 5.75 Å². The first kappa shape index (κ1) is 15.9. The van der Waals surface area contributed by atoms with E-state index in [1.165, 1.54) is 25.3 Å². The third-order valence-electron chi connectivity index (χ3n) is 2.96. The second kappa shape index (κ2) is 6.85. The number of para-hydroxylation sites is 1.